The number of nitrogens with one attached hydrogen (secondary N) is 1. The van der Waals surface area contributed by atoms with Crippen LogP contribution in [0.4, 0.5) is 5.69 Å². The summed E-state index contributed by atoms with van der Waals surface area (Å²) in [7, 11) is 3.05. The van der Waals surface area contributed by atoms with Crippen LogP contribution in [-0.2, 0) is 13.8 Å². The van der Waals surface area contributed by atoms with Crippen molar-refractivity contribution in [2.45, 2.75) is 31.1 Å². The Morgan fingerprint density at radius 2 is 2.05 bits per heavy atom. The molecule has 7 heteroatoms. The van der Waals surface area contributed by atoms with Crippen LogP contribution in [0.1, 0.15) is 26.2 Å². The molecule has 0 aliphatic carbocycles. The molecule has 5 nitrogen and oxygen atoms in total. The molecular weight excluding hydrogens is 302 g/mol. The van der Waals surface area contributed by atoms with Crippen molar-refractivity contribution in [3.05, 3.63) is 18.2 Å². The molecule has 1 aromatic carbocycles. The number of ketones is 1. The summed E-state index contributed by atoms with van der Waals surface area (Å²) < 4.78 is 27.7. The van der Waals surface area contributed by atoms with Crippen molar-refractivity contribution in [3.63, 3.8) is 0 Å². The average Bonchev–Trinajstić information content (AvgIpc) is 2.36. The van der Waals surface area contributed by atoms with Crippen LogP contribution in [0.25, 0.3) is 0 Å². The lowest BCUT2D eigenvalue weighted by Crippen LogP contribution is -2.05. The van der Waals surface area contributed by atoms with Gasteiger partial charge in [0.25, 0.3) is 9.05 Å². The van der Waals surface area contributed by atoms with E-state index in [0.29, 0.717) is 24.4 Å². The molecule has 0 saturated carbocycles. The summed E-state index contributed by atoms with van der Waals surface area (Å²) in [5, 5.41) is 3.09. The highest BCUT2D eigenvalue weighted by atomic mass is 35.7. The molecule has 0 aliphatic heterocycles. The van der Waals surface area contributed by atoms with Gasteiger partial charge >= 0.3 is 0 Å². The fourth-order valence-electron chi connectivity index (χ4n) is 1.70. The lowest BCUT2D eigenvalue weighted by molar-refractivity contribution is -0.117. The Hall–Kier alpha value is -1.27. The fraction of sp³-hybridized carbons (Fsp3) is 0.462. The van der Waals surface area contributed by atoms with Gasteiger partial charge in [-0.15, -0.1) is 0 Å². The molecule has 1 aromatic rings. The summed E-state index contributed by atoms with van der Waals surface area (Å²) in [4.78, 5) is 10.8. The molecule has 0 atom stereocenters. The minimum absolute atomic E-state index is 0.0196. The number of anilines is 1. The smallest absolute Gasteiger partial charge is 0.261 e. The van der Waals surface area contributed by atoms with Crippen LogP contribution < -0.4 is 10.1 Å². The summed E-state index contributed by atoms with van der Waals surface area (Å²) in [6.07, 6.45) is 2.15. The number of ether oxygens (including phenoxy) is 1. The minimum Gasteiger partial charge on any atom is -0.495 e. The van der Waals surface area contributed by atoms with Gasteiger partial charge in [0.2, 0.25) is 0 Å². The van der Waals surface area contributed by atoms with Gasteiger partial charge in [-0.1, -0.05) is 0 Å². The van der Waals surface area contributed by atoms with E-state index in [-0.39, 0.29) is 10.7 Å². The van der Waals surface area contributed by atoms with Crippen LogP contribution in [0.15, 0.2) is 23.1 Å². The number of rotatable bonds is 8. The molecule has 1 N–H and O–H groups in total. The van der Waals surface area contributed by atoms with Gasteiger partial charge in [-0.3, -0.25) is 0 Å². The molecule has 0 heterocycles. The summed E-state index contributed by atoms with van der Waals surface area (Å²) in [5.74, 6) is 0.707. The van der Waals surface area contributed by atoms with Crippen LogP contribution in [0.2, 0.25) is 0 Å². The van der Waals surface area contributed by atoms with E-state index in [9.17, 15) is 13.2 Å². The van der Waals surface area contributed by atoms with Gasteiger partial charge in [0.1, 0.15) is 11.5 Å². The maximum atomic E-state index is 11.3. The van der Waals surface area contributed by atoms with Crippen LogP contribution in [-0.4, -0.2) is 27.9 Å². The topological polar surface area (TPSA) is 72.5 Å². The van der Waals surface area contributed by atoms with Gasteiger partial charge in [-0.25, -0.2) is 8.42 Å². The maximum absolute atomic E-state index is 11.3. The van der Waals surface area contributed by atoms with Crippen molar-refractivity contribution in [2.24, 2.45) is 0 Å². The number of hydrogen-bond acceptors (Lipinski definition) is 5. The van der Waals surface area contributed by atoms with Crippen molar-refractivity contribution in [1.29, 1.82) is 0 Å². The van der Waals surface area contributed by atoms with E-state index >= 15 is 0 Å². The van der Waals surface area contributed by atoms with E-state index in [4.69, 9.17) is 15.4 Å². The van der Waals surface area contributed by atoms with E-state index in [1.165, 1.54) is 19.2 Å². The second-order valence-electron chi connectivity index (χ2n) is 4.39. The zero-order chi connectivity index (χ0) is 15.2. The van der Waals surface area contributed by atoms with Gasteiger partial charge in [-0.2, -0.15) is 0 Å². The molecule has 112 valence electrons. The third kappa shape index (κ3) is 5.38. The first-order valence-electron chi connectivity index (χ1n) is 6.20. The van der Waals surface area contributed by atoms with E-state index in [1.807, 2.05) is 0 Å². The quantitative estimate of drug-likeness (QED) is 0.589. The van der Waals surface area contributed by atoms with Crippen molar-refractivity contribution in [3.8, 4) is 5.75 Å². The van der Waals surface area contributed by atoms with E-state index < -0.39 is 9.05 Å². The molecule has 0 unspecified atom stereocenters. The first kappa shape index (κ1) is 16.8. The normalized spacial score (nSPS) is 11.2. The Morgan fingerprint density at radius 3 is 2.60 bits per heavy atom. The van der Waals surface area contributed by atoms with Crippen LogP contribution >= 0.6 is 10.7 Å². The standard InChI is InChI=1S/C13H18ClNO4S/c1-10(16)5-3-4-8-15-12-9-11(20(14,17)18)6-7-13(12)19-2/h6-7,9,15H,3-5,8H2,1-2H3. The zero-order valence-electron chi connectivity index (χ0n) is 11.5. The molecule has 0 saturated heterocycles. The molecule has 0 aromatic heterocycles. The van der Waals surface area contributed by atoms with Crippen molar-refractivity contribution < 1.29 is 17.9 Å². The molecule has 0 fully saturated rings. The number of benzene rings is 1. The lowest BCUT2D eigenvalue weighted by atomic mass is 10.2. The van der Waals surface area contributed by atoms with E-state index in [0.717, 1.165) is 12.8 Å². The summed E-state index contributed by atoms with van der Waals surface area (Å²) in [6.45, 7) is 2.18. The molecule has 0 spiro atoms. The number of methoxy groups -OCH3 is 1. The van der Waals surface area contributed by atoms with Crippen molar-refractivity contribution in [1.82, 2.24) is 0 Å². The number of hydrogen-bond donors (Lipinski definition) is 1. The number of carbonyl (C=O) groups is 1. The Morgan fingerprint density at radius 1 is 1.35 bits per heavy atom. The van der Waals surface area contributed by atoms with Gasteiger partial charge < -0.3 is 14.8 Å². The molecule has 0 aliphatic rings. The predicted octanol–water partition coefficient (Wildman–Crippen LogP) is 2.79. The van der Waals surface area contributed by atoms with Gasteiger partial charge in [0, 0.05) is 23.6 Å². The Kier molecular flexibility index (Phi) is 6.29. The second kappa shape index (κ2) is 7.50. The largest absolute Gasteiger partial charge is 0.495 e. The van der Waals surface area contributed by atoms with Crippen molar-refractivity contribution in [2.75, 3.05) is 19.0 Å². The van der Waals surface area contributed by atoms with Crippen LogP contribution in [0.3, 0.4) is 0 Å². The molecule has 1 rings (SSSR count). The predicted molar refractivity (Wildman–Crippen MR) is 79.1 cm³/mol. The summed E-state index contributed by atoms with van der Waals surface area (Å²) in [5.41, 5.74) is 0.567. The molecule has 0 bridgehead atoms. The highest BCUT2D eigenvalue weighted by Crippen LogP contribution is 2.28. The SMILES string of the molecule is COc1ccc(S(=O)(=O)Cl)cc1NCCCCC(C)=O. The lowest BCUT2D eigenvalue weighted by Gasteiger charge is -2.12. The third-order valence-corrected chi connectivity index (χ3v) is 4.08. The number of Topliss-reactive ketones (excluding diaryl/α,β-unsaturated/α-hetero) is 1. The first-order chi connectivity index (χ1) is 9.34. The number of unbranched alkanes of at least 4 members (excludes halogenated alkanes) is 1. The minimum atomic E-state index is -3.76. The van der Waals surface area contributed by atoms with Crippen molar-refractivity contribution >= 4 is 31.2 Å². The average molecular weight is 320 g/mol. The first-order valence-corrected chi connectivity index (χ1v) is 8.51. The van der Waals surface area contributed by atoms with Gasteiger partial charge in [0.05, 0.1) is 17.7 Å². The molecular formula is C13H18ClNO4S. The Labute approximate surface area is 123 Å². The van der Waals surface area contributed by atoms with E-state index in [1.54, 1.807) is 13.0 Å². The van der Waals surface area contributed by atoms with Crippen LogP contribution in [0.5, 0.6) is 5.75 Å². The molecule has 20 heavy (non-hydrogen) atoms. The second-order valence-corrected chi connectivity index (χ2v) is 6.95. The van der Waals surface area contributed by atoms with Gasteiger partial charge in [-0.05, 0) is 38.0 Å². The monoisotopic (exact) mass is 319 g/mol. The number of halogens is 1. The highest BCUT2D eigenvalue weighted by Gasteiger charge is 2.13. The fourth-order valence-corrected chi connectivity index (χ4v) is 2.48. The summed E-state index contributed by atoms with van der Waals surface area (Å²) in [6, 6.07) is 4.38. The van der Waals surface area contributed by atoms with E-state index in [2.05, 4.69) is 5.32 Å². The zero-order valence-corrected chi connectivity index (χ0v) is 13.1. The van der Waals surface area contributed by atoms with Crippen LogP contribution in [0, 0.1) is 0 Å². The molecule has 0 amide bonds. The highest BCUT2D eigenvalue weighted by molar-refractivity contribution is 8.13. The summed E-state index contributed by atoms with van der Waals surface area (Å²) >= 11 is 0. The molecule has 0 radical (unpaired) electrons. The number of carbonyl (C=O) groups excluding carboxylic acids is 1. The van der Waals surface area contributed by atoms with Gasteiger partial charge in [0.15, 0.2) is 0 Å². The Bertz CT molecular complexity index is 572. The Balaban J connectivity index is 2.69. The maximum Gasteiger partial charge on any atom is 0.261 e. The third-order valence-electron chi connectivity index (χ3n) is 2.72.